The van der Waals surface area contributed by atoms with Crippen molar-refractivity contribution in [3.63, 3.8) is 0 Å². The van der Waals surface area contributed by atoms with Gasteiger partial charge in [-0.1, -0.05) is 12.1 Å². The highest BCUT2D eigenvalue weighted by atomic mass is 19.2. The zero-order valence-electron chi connectivity index (χ0n) is 9.30. The van der Waals surface area contributed by atoms with Crippen LogP contribution in [-0.2, 0) is 6.42 Å². The van der Waals surface area contributed by atoms with Crippen LogP contribution < -0.4 is 11.3 Å². The Hall–Kier alpha value is -1.49. The first-order valence-electron chi connectivity index (χ1n) is 5.00. The molecule has 0 unspecified atom stereocenters. The SMILES string of the molecule is CC(C)N=C(Cc1cccc(F)c1F)NN. The fourth-order valence-electron chi connectivity index (χ4n) is 1.31. The number of rotatable bonds is 3. The molecule has 0 atom stereocenters. The lowest BCUT2D eigenvalue weighted by Crippen LogP contribution is -2.33. The highest BCUT2D eigenvalue weighted by Gasteiger charge is 2.09. The second-order valence-electron chi connectivity index (χ2n) is 3.70. The second-order valence-corrected chi connectivity index (χ2v) is 3.70. The minimum atomic E-state index is -0.863. The van der Waals surface area contributed by atoms with Crippen LogP contribution in [0.3, 0.4) is 0 Å². The summed E-state index contributed by atoms with van der Waals surface area (Å²) >= 11 is 0. The molecule has 0 aromatic heterocycles. The highest BCUT2D eigenvalue weighted by molar-refractivity contribution is 5.84. The number of nitrogens with two attached hydrogens (primary N) is 1. The second kappa shape index (κ2) is 5.55. The molecule has 16 heavy (non-hydrogen) atoms. The summed E-state index contributed by atoms with van der Waals surface area (Å²) in [5, 5.41) is 0. The topological polar surface area (TPSA) is 50.4 Å². The first-order valence-corrected chi connectivity index (χ1v) is 5.00. The molecule has 0 amide bonds. The van der Waals surface area contributed by atoms with Crippen LogP contribution >= 0.6 is 0 Å². The third kappa shape index (κ3) is 3.27. The van der Waals surface area contributed by atoms with Crippen LogP contribution in [0, 0.1) is 11.6 Å². The average molecular weight is 227 g/mol. The largest absolute Gasteiger partial charge is 0.312 e. The van der Waals surface area contributed by atoms with Gasteiger partial charge in [-0.15, -0.1) is 0 Å². The van der Waals surface area contributed by atoms with Gasteiger partial charge in [0.25, 0.3) is 0 Å². The van der Waals surface area contributed by atoms with Gasteiger partial charge < -0.3 is 5.43 Å². The third-order valence-corrected chi connectivity index (χ3v) is 1.97. The van der Waals surface area contributed by atoms with E-state index < -0.39 is 11.6 Å². The van der Waals surface area contributed by atoms with Crippen LogP contribution in [0.5, 0.6) is 0 Å². The lowest BCUT2D eigenvalue weighted by atomic mass is 10.1. The Morgan fingerprint density at radius 2 is 2.12 bits per heavy atom. The van der Waals surface area contributed by atoms with E-state index in [4.69, 9.17) is 5.84 Å². The molecule has 0 saturated heterocycles. The Morgan fingerprint density at radius 3 is 2.69 bits per heavy atom. The summed E-state index contributed by atoms with van der Waals surface area (Å²) < 4.78 is 26.3. The lowest BCUT2D eigenvalue weighted by Gasteiger charge is -2.08. The number of nitrogens with zero attached hydrogens (tertiary/aromatic N) is 1. The van der Waals surface area contributed by atoms with E-state index >= 15 is 0 Å². The molecule has 0 aliphatic carbocycles. The quantitative estimate of drug-likeness (QED) is 0.358. The molecule has 0 aliphatic rings. The summed E-state index contributed by atoms with van der Waals surface area (Å²) in [4.78, 5) is 4.15. The predicted molar refractivity (Wildman–Crippen MR) is 60.0 cm³/mol. The van der Waals surface area contributed by atoms with E-state index in [0.717, 1.165) is 6.07 Å². The van der Waals surface area contributed by atoms with Crippen LogP contribution in [0.4, 0.5) is 8.78 Å². The lowest BCUT2D eigenvalue weighted by molar-refractivity contribution is 0.501. The summed E-state index contributed by atoms with van der Waals surface area (Å²) in [7, 11) is 0. The molecule has 1 aromatic carbocycles. The van der Waals surface area contributed by atoms with Crippen LogP contribution in [0.1, 0.15) is 19.4 Å². The monoisotopic (exact) mass is 227 g/mol. The molecular formula is C11H15F2N3. The maximum atomic E-state index is 13.3. The van der Waals surface area contributed by atoms with Crippen LogP contribution in [0.2, 0.25) is 0 Å². The van der Waals surface area contributed by atoms with Gasteiger partial charge in [0.1, 0.15) is 5.84 Å². The first kappa shape index (κ1) is 12.6. The fourth-order valence-corrected chi connectivity index (χ4v) is 1.31. The van der Waals surface area contributed by atoms with Crippen LogP contribution in [0.25, 0.3) is 0 Å². The number of halogens is 2. The van der Waals surface area contributed by atoms with Crippen molar-refractivity contribution in [2.75, 3.05) is 0 Å². The van der Waals surface area contributed by atoms with Crippen LogP contribution in [0.15, 0.2) is 23.2 Å². The molecule has 1 aromatic rings. The summed E-state index contributed by atoms with van der Waals surface area (Å²) in [5.41, 5.74) is 2.62. The van der Waals surface area contributed by atoms with E-state index in [1.54, 1.807) is 0 Å². The molecule has 3 nitrogen and oxygen atoms in total. The number of benzene rings is 1. The minimum absolute atomic E-state index is 0.0441. The van der Waals surface area contributed by atoms with Gasteiger partial charge in [-0.05, 0) is 25.5 Å². The molecule has 0 fully saturated rings. The first-order chi connectivity index (χ1) is 7.54. The van der Waals surface area contributed by atoms with Gasteiger partial charge in [0, 0.05) is 12.5 Å². The molecule has 5 heteroatoms. The minimum Gasteiger partial charge on any atom is -0.312 e. The smallest absolute Gasteiger partial charge is 0.162 e. The molecule has 0 heterocycles. The summed E-state index contributed by atoms with van der Waals surface area (Å²) in [6.07, 6.45) is 0.151. The third-order valence-electron chi connectivity index (χ3n) is 1.97. The van der Waals surface area contributed by atoms with E-state index in [-0.39, 0.29) is 18.0 Å². The Bertz CT molecular complexity index is 389. The van der Waals surface area contributed by atoms with Gasteiger partial charge in [-0.25, -0.2) is 14.6 Å². The highest BCUT2D eigenvalue weighted by Crippen LogP contribution is 2.12. The van der Waals surface area contributed by atoms with Crippen molar-refractivity contribution in [3.8, 4) is 0 Å². The number of aliphatic imine (C=N–C) groups is 1. The van der Waals surface area contributed by atoms with Crippen molar-refractivity contribution < 1.29 is 8.78 Å². The van der Waals surface area contributed by atoms with E-state index in [0.29, 0.717) is 5.84 Å². The van der Waals surface area contributed by atoms with Gasteiger partial charge in [0.2, 0.25) is 0 Å². The maximum absolute atomic E-state index is 13.3. The van der Waals surface area contributed by atoms with Gasteiger partial charge in [0.15, 0.2) is 11.6 Å². The zero-order chi connectivity index (χ0) is 12.1. The molecule has 88 valence electrons. The summed E-state index contributed by atoms with van der Waals surface area (Å²) in [6.45, 7) is 3.75. The van der Waals surface area contributed by atoms with Crippen molar-refractivity contribution in [2.45, 2.75) is 26.3 Å². The van der Waals surface area contributed by atoms with E-state index in [1.807, 2.05) is 13.8 Å². The molecule has 3 N–H and O–H groups in total. The van der Waals surface area contributed by atoms with E-state index in [2.05, 4.69) is 10.4 Å². The predicted octanol–water partition coefficient (Wildman–Crippen LogP) is 1.78. The molecular weight excluding hydrogens is 212 g/mol. The van der Waals surface area contributed by atoms with Gasteiger partial charge >= 0.3 is 0 Å². The number of hydrazine groups is 1. The van der Waals surface area contributed by atoms with E-state index in [9.17, 15) is 8.78 Å². The molecule has 0 spiro atoms. The summed E-state index contributed by atoms with van der Waals surface area (Å²) in [5.74, 6) is 3.97. The Kier molecular flexibility index (Phi) is 4.37. The van der Waals surface area contributed by atoms with Crippen molar-refractivity contribution in [3.05, 3.63) is 35.4 Å². The van der Waals surface area contributed by atoms with Crippen molar-refractivity contribution in [2.24, 2.45) is 10.8 Å². The zero-order valence-corrected chi connectivity index (χ0v) is 9.30. The van der Waals surface area contributed by atoms with Crippen molar-refractivity contribution in [1.82, 2.24) is 5.43 Å². The van der Waals surface area contributed by atoms with Gasteiger partial charge in [-0.3, -0.25) is 4.99 Å². The fraction of sp³-hybridized carbons (Fsp3) is 0.364. The Morgan fingerprint density at radius 1 is 1.44 bits per heavy atom. The number of hydrogen-bond donors (Lipinski definition) is 2. The van der Waals surface area contributed by atoms with Gasteiger partial charge in [-0.2, -0.15) is 0 Å². The average Bonchev–Trinajstić information content (AvgIpc) is 2.23. The molecule has 0 radical (unpaired) electrons. The Balaban J connectivity index is 2.91. The van der Waals surface area contributed by atoms with Gasteiger partial charge in [0.05, 0.1) is 0 Å². The maximum Gasteiger partial charge on any atom is 0.162 e. The summed E-state index contributed by atoms with van der Waals surface area (Å²) in [6, 6.07) is 4.08. The Labute approximate surface area is 93.3 Å². The molecule has 0 bridgehead atoms. The van der Waals surface area contributed by atoms with Crippen LogP contribution in [-0.4, -0.2) is 11.9 Å². The number of nitrogens with one attached hydrogen (secondary N) is 1. The molecule has 0 saturated carbocycles. The van der Waals surface area contributed by atoms with E-state index in [1.165, 1.54) is 12.1 Å². The normalized spacial score (nSPS) is 12.0. The number of amidine groups is 1. The number of hydrogen-bond acceptors (Lipinski definition) is 2. The standard InChI is InChI=1S/C11H15F2N3/c1-7(2)15-10(16-14)6-8-4-3-5-9(12)11(8)13/h3-5,7H,6,14H2,1-2H3,(H,15,16). The van der Waals surface area contributed by atoms with Crippen molar-refractivity contribution >= 4 is 5.84 Å². The van der Waals surface area contributed by atoms with Crippen molar-refractivity contribution in [1.29, 1.82) is 0 Å². The molecule has 1 rings (SSSR count). The molecule has 0 aliphatic heterocycles.